The summed E-state index contributed by atoms with van der Waals surface area (Å²) in [5, 5.41) is 0. The maximum Gasteiger partial charge on any atom is 0.137 e. The van der Waals surface area contributed by atoms with Gasteiger partial charge in [-0.05, 0) is 54.5 Å². The molecule has 0 fully saturated rings. The van der Waals surface area contributed by atoms with Crippen molar-refractivity contribution >= 4 is 15.9 Å². The van der Waals surface area contributed by atoms with E-state index in [0.717, 1.165) is 12.1 Å². The number of likely N-dealkylation sites (N-methyl/N-ethyl adjacent to an activating group) is 1. The van der Waals surface area contributed by atoms with Crippen molar-refractivity contribution in [2.75, 3.05) is 13.6 Å². The Bertz CT molecular complexity index is 361. The zero-order valence-corrected chi connectivity index (χ0v) is 11.5. The van der Waals surface area contributed by atoms with Crippen LogP contribution < -0.4 is 5.73 Å². The predicted molar refractivity (Wildman–Crippen MR) is 68.7 cm³/mol. The maximum absolute atomic E-state index is 13.3. The van der Waals surface area contributed by atoms with Crippen LogP contribution in [-0.4, -0.2) is 24.0 Å². The Morgan fingerprint density at radius 1 is 1.44 bits per heavy atom. The van der Waals surface area contributed by atoms with Gasteiger partial charge in [-0.2, -0.15) is 0 Å². The van der Waals surface area contributed by atoms with Crippen LogP contribution in [0.15, 0.2) is 22.7 Å². The highest BCUT2D eigenvalue weighted by Gasteiger charge is 2.14. The Morgan fingerprint density at radius 2 is 2.06 bits per heavy atom. The summed E-state index contributed by atoms with van der Waals surface area (Å²) in [5.41, 5.74) is 6.64. The summed E-state index contributed by atoms with van der Waals surface area (Å²) in [7, 11) is 1.98. The van der Waals surface area contributed by atoms with E-state index in [0.29, 0.717) is 11.0 Å². The van der Waals surface area contributed by atoms with Crippen molar-refractivity contribution in [2.45, 2.75) is 25.9 Å². The average molecular weight is 289 g/mol. The highest BCUT2D eigenvalue weighted by molar-refractivity contribution is 9.10. The van der Waals surface area contributed by atoms with Crippen molar-refractivity contribution in [3.05, 3.63) is 34.1 Å². The number of benzene rings is 1. The quantitative estimate of drug-likeness (QED) is 0.923. The minimum atomic E-state index is -0.233. The van der Waals surface area contributed by atoms with Crippen LogP contribution in [0.25, 0.3) is 0 Å². The summed E-state index contributed by atoms with van der Waals surface area (Å²) in [5.74, 6) is -0.224. The van der Waals surface area contributed by atoms with Crippen LogP contribution >= 0.6 is 15.9 Å². The number of nitrogens with two attached hydrogens (primary N) is 1. The molecule has 0 saturated heterocycles. The van der Waals surface area contributed by atoms with Crippen molar-refractivity contribution < 1.29 is 4.39 Å². The molecule has 0 spiro atoms. The van der Waals surface area contributed by atoms with Gasteiger partial charge in [-0.3, -0.25) is 0 Å². The molecule has 1 aromatic carbocycles. The van der Waals surface area contributed by atoms with Crippen LogP contribution in [0, 0.1) is 5.82 Å². The van der Waals surface area contributed by atoms with E-state index in [4.69, 9.17) is 5.73 Å². The standard InChI is InChI=1S/C12H18BrFN2/c1-12(2,15)8-16(3)7-9-4-5-10(13)11(14)6-9/h4-6H,7-8,15H2,1-3H3. The van der Waals surface area contributed by atoms with E-state index in [1.165, 1.54) is 0 Å². The Morgan fingerprint density at radius 3 is 2.56 bits per heavy atom. The topological polar surface area (TPSA) is 29.3 Å². The molecule has 0 aliphatic rings. The number of nitrogens with zero attached hydrogens (tertiary/aromatic N) is 1. The van der Waals surface area contributed by atoms with Crippen LogP contribution in [0.4, 0.5) is 4.39 Å². The minimum Gasteiger partial charge on any atom is -0.324 e. The Hall–Kier alpha value is -0.450. The van der Waals surface area contributed by atoms with Crippen LogP contribution in [0.5, 0.6) is 0 Å². The summed E-state index contributed by atoms with van der Waals surface area (Å²) < 4.78 is 13.8. The van der Waals surface area contributed by atoms with Gasteiger partial charge in [0.15, 0.2) is 0 Å². The number of hydrogen-bond acceptors (Lipinski definition) is 2. The molecule has 0 saturated carbocycles. The molecule has 0 aliphatic heterocycles. The molecule has 0 bridgehead atoms. The molecule has 0 aliphatic carbocycles. The lowest BCUT2D eigenvalue weighted by Crippen LogP contribution is -2.43. The van der Waals surface area contributed by atoms with Gasteiger partial charge in [0, 0.05) is 18.6 Å². The van der Waals surface area contributed by atoms with Gasteiger partial charge in [0.1, 0.15) is 5.82 Å². The molecular formula is C12H18BrFN2. The number of halogens is 2. The molecule has 4 heteroatoms. The molecule has 1 aromatic rings. The predicted octanol–water partition coefficient (Wildman–Crippen LogP) is 2.76. The molecule has 0 amide bonds. The average Bonchev–Trinajstić information content (AvgIpc) is 2.08. The number of hydrogen-bond donors (Lipinski definition) is 1. The molecule has 2 nitrogen and oxygen atoms in total. The second-order valence-electron chi connectivity index (χ2n) is 4.91. The fraction of sp³-hybridized carbons (Fsp3) is 0.500. The molecule has 0 atom stereocenters. The third kappa shape index (κ3) is 4.60. The third-order valence-electron chi connectivity index (χ3n) is 2.11. The molecule has 0 unspecified atom stereocenters. The van der Waals surface area contributed by atoms with Crippen molar-refractivity contribution in [1.82, 2.24) is 4.90 Å². The second-order valence-corrected chi connectivity index (χ2v) is 5.76. The summed E-state index contributed by atoms with van der Waals surface area (Å²) >= 11 is 3.14. The number of rotatable bonds is 4. The Balaban J connectivity index is 2.63. The monoisotopic (exact) mass is 288 g/mol. The van der Waals surface area contributed by atoms with E-state index in [2.05, 4.69) is 20.8 Å². The van der Waals surface area contributed by atoms with Crippen molar-refractivity contribution in [3.8, 4) is 0 Å². The maximum atomic E-state index is 13.3. The largest absolute Gasteiger partial charge is 0.324 e. The zero-order valence-electron chi connectivity index (χ0n) is 9.93. The van der Waals surface area contributed by atoms with Crippen molar-refractivity contribution in [2.24, 2.45) is 5.73 Å². The van der Waals surface area contributed by atoms with Gasteiger partial charge in [0.05, 0.1) is 4.47 Å². The van der Waals surface area contributed by atoms with Crippen molar-refractivity contribution in [1.29, 1.82) is 0 Å². The van der Waals surface area contributed by atoms with Gasteiger partial charge in [0.25, 0.3) is 0 Å². The normalized spacial score (nSPS) is 12.2. The van der Waals surface area contributed by atoms with Crippen LogP contribution in [-0.2, 0) is 6.54 Å². The van der Waals surface area contributed by atoms with Gasteiger partial charge in [-0.15, -0.1) is 0 Å². The molecule has 0 heterocycles. The second kappa shape index (κ2) is 5.25. The fourth-order valence-electron chi connectivity index (χ4n) is 1.70. The molecule has 2 N–H and O–H groups in total. The highest BCUT2D eigenvalue weighted by Crippen LogP contribution is 2.17. The van der Waals surface area contributed by atoms with E-state index < -0.39 is 0 Å². The zero-order chi connectivity index (χ0) is 12.3. The first-order valence-corrected chi connectivity index (χ1v) is 5.98. The fourth-order valence-corrected chi connectivity index (χ4v) is 1.95. The first kappa shape index (κ1) is 13.6. The summed E-state index contributed by atoms with van der Waals surface area (Å²) in [6.07, 6.45) is 0. The molecule has 0 radical (unpaired) electrons. The molecular weight excluding hydrogens is 271 g/mol. The molecule has 1 rings (SSSR count). The molecule has 90 valence electrons. The third-order valence-corrected chi connectivity index (χ3v) is 2.76. The van der Waals surface area contributed by atoms with Crippen LogP contribution in [0.3, 0.4) is 0 Å². The summed E-state index contributed by atoms with van der Waals surface area (Å²) in [6.45, 7) is 5.42. The first-order valence-electron chi connectivity index (χ1n) is 5.19. The lowest BCUT2D eigenvalue weighted by Gasteiger charge is -2.26. The molecule has 16 heavy (non-hydrogen) atoms. The van der Waals surface area contributed by atoms with E-state index >= 15 is 0 Å². The van der Waals surface area contributed by atoms with Gasteiger partial charge in [-0.1, -0.05) is 6.07 Å². The molecule has 0 aromatic heterocycles. The van der Waals surface area contributed by atoms with E-state index in [-0.39, 0.29) is 11.4 Å². The van der Waals surface area contributed by atoms with Gasteiger partial charge >= 0.3 is 0 Å². The van der Waals surface area contributed by atoms with E-state index in [1.54, 1.807) is 12.1 Å². The lowest BCUT2D eigenvalue weighted by atomic mass is 10.1. The summed E-state index contributed by atoms with van der Waals surface area (Å²) in [4.78, 5) is 2.09. The van der Waals surface area contributed by atoms with Gasteiger partial charge in [-0.25, -0.2) is 4.39 Å². The first-order chi connectivity index (χ1) is 7.28. The highest BCUT2D eigenvalue weighted by atomic mass is 79.9. The van der Waals surface area contributed by atoms with Gasteiger partial charge < -0.3 is 10.6 Å². The Kier molecular flexibility index (Phi) is 4.47. The Labute approximate surface area is 105 Å². The van der Waals surface area contributed by atoms with Crippen molar-refractivity contribution in [3.63, 3.8) is 0 Å². The smallest absolute Gasteiger partial charge is 0.137 e. The van der Waals surface area contributed by atoms with Gasteiger partial charge in [0.2, 0.25) is 0 Å². The van der Waals surface area contributed by atoms with E-state index in [9.17, 15) is 4.39 Å². The van der Waals surface area contributed by atoms with Crippen LogP contribution in [0.1, 0.15) is 19.4 Å². The SMILES string of the molecule is CN(Cc1ccc(Br)c(F)c1)CC(C)(C)N. The van der Waals surface area contributed by atoms with Crippen LogP contribution in [0.2, 0.25) is 0 Å². The van der Waals surface area contributed by atoms with E-state index in [1.807, 2.05) is 27.0 Å². The lowest BCUT2D eigenvalue weighted by molar-refractivity contribution is 0.263. The summed E-state index contributed by atoms with van der Waals surface area (Å²) in [6, 6.07) is 5.18. The minimum absolute atomic E-state index is 0.224.